The monoisotopic (exact) mass is 597 g/mol. The number of aromatic nitrogens is 6. The Balaban J connectivity index is 1.41. The Kier molecular flexibility index (Phi) is 9.24. The molecule has 1 fully saturated rings. The minimum absolute atomic E-state index is 0.00786. The Bertz CT molecular complexity index is 1640. The first kappa shape index (κ1) is 30.3. The SMILES string of the molecule is Cc1ccc(-n2cnnn2)c(/C=C/C(=O)N[C@@H](CC(=O)N2CC(C)OC(C)C2)c2nc(-c3ccc(NC=O)cc3)c(C)[nH]2)c1. The van der Waals surface area contributed by atoms with E-state index in [1.165, 1.54) is 17.1 Å². The van der Waals surface area contributed by atoms with E-state index in [1.807, 2.05) is 58.0 Å². The number of imidazole rings is 1. The Hall–Kier alpha value is -5.17. The number of carbonyl (C=O) groups excluding carboxylic acids is 3. The Morgan fingerprint density at radius 2 is 1.86 bits per heavy atom. The number of carbonyl (C=O) groups is 3. The number of benzene rings is 2. The van der Waals surface area contributed by atoms with E-state index in [1.54, 1.807) is 23.1 Å². The van der Waals surface area contributed by atoms with Gasteiger partial charge in [-0.15, -0.1) is 5.10 Å². The highest BCUT2D eigenvalue weighted by molar-refractivity contribution is 5.93. The van der Waals surface area contributed by atoms with Crippen molar-refractivity contribution in [2.24, 2.45) is 0 Å². The zero-order valence-electron chi connectivity index (χ0n) is 25.0. The highest BCUT2D eigenvalue weighted by Gasteiger charge is 2.30. The standard InChI is InChI=1S/C31H35N9O4/c1-19-5-11-27(40-17-33-37-38-40)24(13-19)8-12-28(42)35-26(14-29(43)39-15-20(2)44-21(3)16-39)31-34-22(4)30(36-31)23-6-9-25(10-7-23)32-18-41/h5-13,17-18,20-21,26H,14-16H2,1-4H3,(H,32,41)(H,34,36)(H,35,42)/b12-8+/t20?,21?,26-/m0/s1. The molecule has 228 valence electrons. The Labute approximate surface area is 254 Å². The van der Waals surface area contributed by atoms with Crippen molar-refractivity contribution in [1.82, 2.24) is 40.4 Å². The molecule has 3 atom stereocenters. The Morgan fingerprint density at radius 3 is 2.55 bits per heavy atom. The second kappa shape index (κ2) is 13.4. The van der Waals surface area contributed by atoms with Crippen molar-refractivity contribution in [2.45, 2.75) is 52.4 Å². The molecule has 13 nitrogen and oxygen atoms in total. The van der Waals surface area contributed by atoms with Crippen molar-refractivity contribution >= 4 is 30.0 Å². The van der Waals surface area contributed by atoms with E-state index < -0.39 is 11.9 Å². The molecule has 0 bridgehead atoms. The van der Waals surface area contributed by atoms with Gasteiger partial charge in [0.05, 0.1) is 36.1 Å². The third-order valence-corrected chi connectivity index (χ3v) is 7.28. The van der Waals surface area contributed by atoms with Gasteiger partial charge in [0.1, 0.15) is 12.2 Å². The van der Waals surface area contributed by atoms with Gasteiger partial charge >= 0.3 is 0 Å². The molecule has 5 rings (SSSR count). The molecule has 13 heteroatoms. The van der Waals surface area contributed by atoms with Crippen LogP contribution >= 0.6 is 0 Å². The number of ether oxygens (including phenoxy) is 1. The molecule has 2 aromatic heterocycles. The summed E-state index contributed by atoms with van der Waals surface area (Å²) in [6.07, 6.45) is 5.06. The number of nitrogens with zero attached hydrogens (tertiary/aromatic N) is 6. The summed E-state index contributed by atoms with van der Waals surface area (Å²) in [5, 5.41) is 17.0. The van der Waals surface area contributed by atoms with Crippen molar-refractivity contribution in [2.75, 3.05) is 18.4 Å². The fourth-order valence-corrected chi connectivity index (χ4v) is 5.30. The lowest BCUT2D eigenvalue weighted by Gasteiger charge is -2.36. The number of hydrogen-bond acceptors (Lipinski definition) is 8. The number of anilines is 1. The number of hydrogen-bond donors (Lipinski definition) is 3. The smallest absolute Gasteiger partial charge is 0.244 e. The molecule has 0 radical (unpaired) electrons. The van der Waals surface area contributed by atoms with Crippen molar-refractivity contribution < 1.29 is 19.1 Å². The average molecular weight is 598 g/mol. The number of nitrogens with one attached hydrogen (secondary N) is 3. The van der Waals surface area contributed by atoms with Crippen LogP contribution in [0.15, 0.2) is 54.9 Å². The van der Waals surface area contributed by atoms with E-state index in [9.17, 15) is 14.4 Å². The van der Waals surface area contributed by atoms with Gasteiger partial charge in [-0.05, 0) is 68.5 Å². The van der Waals surface area contributed by atoms with Gasteiger partial charge in [-0.25, -0.2) is 4.98 Å². The van der Waals surface area contributed by atoms with E-state index in [0.29, 0.717) is 42.4 Å². The van der Waals surface area contributed by atoms with Crippen LogP contribution < -0.4 is 10.6 Å². The minimum Gasteiger partial charge on any atom is -0.372 e. The molecular weight excluding hydrogens is 562 g/mol. The molecule has 3 heterocycles. The lowest BCUT2D eigenvalue weighted by molar-refractivity contribution is -0.143. The number of amides is 3. The summed E-state index contributed by atoms with van der Waals surface area (Å²) >= 11 is 0. The molecule has 44 heavy (non-hydrogen) atoms. The maximum absolute atomic E-state index is 13.5. The zero-order valence-corrected chi connectivity index (χ0v) is 25.0. The van der Waals surface area contributed by atoms with Crippen LogP contribution in [0.3, 0.4) is 0 Å². The fourth-order valence-electron chi connectivity index (χ4n) is 5.30. The summed E-state index contributed by atoms with van der Waals surface area (Å²) in [6, 6.07) is 12.3. The maximum atomic E-state index is 13.5. The van der Waals surface area contributed by atoms with Crippen LogP contribution in [0.4, 0.5) is 5.69 Å². The molecule has 3 N–H and O–H groups in total. The maximum Gasteiger partial charge on any atom is 0.244 e. The third kappa shape index (κ3) is 7.24. The zero-order chi connectivity index (χ0) is 31.2. The van der Waals surface area contributed by atoms with Crippen LogP contribution in [-0.2, 0) is 19.1 Å². The molecule has 2 unspecified atom stereocenters. The predicted octanol–water partition coefficient (Wildman–Crippen LogP) is 3.13. The van der Waals surface area contributed by atoms with Crippen molar-refractivity contribution in [1.29, 1.82) is 0 Å². The summed E-state index contributed by atoms with van der Waals surface area (Å²) in [6.45, 7) is 8.66. The number of rotatable bonds is 10. The number of aromatic amines is 1. The van der Waals surface area contributed by atoms with E-state index in [2.05, 4.69) is 31.1 Å². The van der Waals surface area contributed by atoms with Gasteiger partial charge in [0.25, 0.3) is 0 Å². The van der Waals surface area contributed by atoms with Crippen LogP contribution in [0, 0.1) is 13.8 Å². The minimum atomic E-state index is -0.729. The summed E-state index contributed by atoms with van der Waals surface area (Å²) in [7, 11) is 0. The van der Waals surface area contributed by atoms with Crippen LogP contribution in [-0.4, -0.2) is 78.6 Å². The summed E-state index contributed by atoms with van der Waals surface area (Å²) < 4.78 is 7.33. The average Bonchev–Trinajstić information content (AvgIpc) is 3.66. The molecule has 2 aromatic carbocycles. The van der Waals surface area contributed by atoms with Crippen LogP contribution in [0.5, 0.6) is 0 Å². The van der Waals surface area contributed by atoms with Crippen molar-refractivity contribution in [3.05, 3.63) is 77.5 Å². The van der Waals surface area contributed by atoms with Crippen LogP contribution in [0.25, 0.3) is 23.0 Å². The third-order valence-electron chi connectivity index (χ3n) is 7.28. The molecule has 0 saturated carbocycles. The highest BCUT2D eigenvalue weighted by Crippen LogP contribution is 2.27. The quantitative estimate of drug-likeness (QED) is 0.186. The lowest BCUT2D eigenvalue weighted by Crippen LogP contribution is -2.49. The second-order valence-corrected chi connectivity index (χ2v) is 10.9. The van der Waals surface area contributed by atoms with E-state index in [4.69, 9.17) is 9.72 Å². The number of morpholine rings is 1. The lowest BCUT2D eigenvalue weighted by atomic mass is 10.1. The number of tetrazole rings is 1. The van der Waals surface area contributed by atoms with Gasteiger partial charge in [-0.3, -0.25) is 14.4 Å². The van der Waals surface area contributed by atoms with Gasteiger partial charge in [0.2, 0.25) is 18.2 Å². The summed E-state index contributed by atoms with van der Waals surface area (Å²) in [5.74, 6) is -0.0432. The van der Waals surface area contributed by atoms with Gasteiger partial charge in [0.15, 0.2) is 0 Å². The van der Waals surface area contributed by atoms with E-state index >= 15 is 0 Å². The van der Waals surface area contributed by atoms with Crippen molar-refractivity contribution in [3.63, 3.8) is 0 Å². The predicted molar refractivity (Wildman–Crippen MR) is 163 cm³/mol. The van der Waals surface area contributed by atoms with Gasteiger partial charge in [-0.1, -0.05) is 23.8 Å². The van der Waals surface area contributed by atoms with Gasteiger partial charge in [0, 0.05) is 41.7 Å². The van der Waals surface area contributed by atoms with Gasteiger partial charge in [-0.2, -0.15) is 4.68 Å². The molecule has 0 aliphatic carbocycles. The van der Waals surface area contributed by atoms with Gasteiger partial charge < -0.3 is 25.3 Å². The second-order valence-electron chi connectivity index (χ2n) is 10.9. The first-order valence-electron chi connectivity index (χ1n) is 14.3. The number of aryl methyl sites for hydroxylation is 2. The van der Waals surface area contributed by atoms with E-state index in [-0.39, 0.29) is 24.5 Å². The fraction of sp³-hybridized carbons (Fsp3) is 0.323. The number of H-pyrrole nitrogens is 1. The highest BCUT2D eigenvalue weighted by atomic mass is 16.5. The molecular formula is C31H35N9O4. The molecule has 1 saturated heterocycles. The molecule has 0 spiro atoms. The normalized spacial score (nSPS) is 17.4. The topological polar surface area (TPSA) is 160 Å². The van der Waals surface area contributed by atoms with Crippen molar-refractivity contribution in [3.8, 4) is 16.9 Å². The first-order chi connectivity index (χ1) is 21.2. The summed E-state index contributed by atoms with van der Waals surface area (Å²) in [5.41, 5.74) is 5.41. The molecule has 3 amide bonds. The largest absolute Gasteiger partial charge is 0.372 e. The molecule has 1 aliphatic heterocycles. The Morgan fingerprint density at radius 1 is 1.11 bits per heavy atom. The first-order valence-corrected chi connectivity index (χ1v) is 14.3. The van der Waals surface area contributed by atoms with E-state index in [0.717, 1.165) is 22.4 Å². The van der Waals surface area contributed by atoms with Crippen LogP contribution in [0.1, 0.15) is 49.0 Å². The molecule has 4 aromatic rings. The van der Waals surface area contributed by atoms with Crippen LogP contribution in [0.2, 0.25) is 0 Å². The summed E-state index contributed by atoms with van der Waals surface area (Å²) in [4.78, 5) is 47.5. The molecule has 1 aliphatic rings.